The summed E-state index contributed by atoms with van der Waals surface area (Å²) < 4.78 is 79.0. The van der Waals surface area contributed by atoms with Crippen molar-refractivity contribution in [3.63, 3.8) is 0 Å². The van der Waals surface area contributed by atoms with E-state index in [0.717, 1.165) is 0 Å². The van der Waals surface area contributed by atoms with Crippen LogP contribution in [0.4, 0.5) is 37.7 Å². The van der Waals surface area contributed by atoms with Crippen LogP contribution in [0.15, 0.2) is 115 Å². The molecular weight excluding hydrogens is 755 g/mol. The van der Waals surface area contributed by atoms with Crippen LogP contribution in [0.25, 0.3) is 0 Å². The fourth-order valence-corrected chi connectivity index (χ4v) is 6.87. The average molecular weight is 785 g/mol. The maximum atomic E-state index is 13.2. The van der Waals surface area contributed by atoms with Crippen molar-refractivity contribution in [3.05, 3.63) is 129 Å². The Morgan fingerprint density at radius 1 is 0.589 bits per heavy atom. The lowest BCUT2D eigenvalue weighted by atomic mass is 9.84. The smallest absolute Gasteiger partial charge is 0.384 e. The Morgan fingerprint density at radius 3 is 1.29 bits per heavy atom. The first-order valence-corrected chi connectivity index (χ1v) is 20.3. The fourth-order valence-electron chi connectivity index (χ4n) is 6.35. The van der Waals surface area contributed by atoms with Crippen LogP contribution in [0, 0.1) is 23.8 Å². The largest absolute Gasteiger partial charge is 0.442 e. The van der Waals surface area contributed by atoms with Crippen molar-refractivity contribution in [1.82, 2.24) is 0 Å². The summed E-state index contributed by atoms with van der Waals surface area (Å²) in [6.07, 6.45) is -3.84. The number of hydrogen-bond donors (Lipinski definition) is 4. The van der Waals surface area contributed by atoms with Gasteiger partial charge in [-0.1, -0.05) is 80.0 Å². The third-order valence-electron chi connectivity index (χ3n) is 9.55. The second-order valence-corrected chi connectivity index (χ2v) is 19.2. The highest BCUT2D eigenvalue weighted by Gasteiger charge is 2.66. The number of nitrogens with zero attached hydrogens (tertiary/aromatic N) is 6. The molecule has 17 heteroatoms. The number of hydrogen-bond acceptors (Lipinski definition) is 10. The molecule has 56 heavy (non-hydrogen) atoms. The minimum atomic E-state index is -4.62. The molecule has 4 aromatic rings. The zero-order valence-corrected chi connectivity index (χ0v) is 30.7. The van der Waals surface area contributed by atoms with E-state index < -0.39 is 43.0 Å². The summed E-state index contributed by atoms with van der Waals surface area (Å²) in [5.74, 6) is 5.46. The van der Waals surface area contributed by atoms with Gasteiger partial charge in [0, 0.05) is 33.4 Å². The zero-order chi connectivity index (χ0) is 40.7. The van der Waals surface area contributed by atoms with Crippen molar-refractivity contribution in [2.45, 2.75) is 54.5 Å². The molecule has 284 valence electrons. The predicted octanol–water partition coefficient (Wildman–Crippen LogP) is 7.42. The van der Waals surface area contributed by atoms with E-state index in [1.807, 2.05) is 0 Å². The highest BCUT2D eigenvalue weighted by Crippen LogP contribution is 2.54. The van der Waals surface area contributed by atoms with Crippen LogP contribution in [0.2, 0.25) is 19.6 Å². The number of nitrogens with two attached hydrogens (primary N) is 2. The van der Waals surface area contributed by atoms with E-state index in [9.17, 15) is 36.6 Å². The van der Waals surface area contributed by atoms with E-state index in [-0.39, 0.29) is 28.4 Å². The molecular formula is C39H30F6N8O2Si. The number of alkyl halides is 6. The zero-order valence-electron chi connectivity index (χ0n) is 29.7. The molecule has 2 atom stereocenters. The van der Waals surface area contributed by atoms with Gasteiger partial charge in [0.05, 0.1) is 11.4 Å². The van der Waals surface area contributed by atoms with Gasteiger partial charge in [0.15, 0.2) is 11.2 Å². The first kappa shape index (κ1) is 38.1. The van der Waals surface area contributed by atoms with Crippen LogP contribution in [-0.2, 0) is 22.5 Å². The molecule has 0 saturated carbocycles. The lowest BCUT2D eigenvalue weighted by Gasteiger charge is -2.25. The number of halogens is 6. The lowest BCUT2D eigenvalue weighted by molar-refractivity contribution is -0.166. The third-order valence-corrected chi connectivity index (χ3v) is 10.4. The van der Waals surface area contributed by atoms with Crippen LogP contribution in [-0.4, -0.2) is 42.3 Å². The normalized spacial score (nSPS) is 22.0. The molecule has 8 rings (SSSR count). The van der Waals surface area contributed by atoms with Crippen LogP contribution < -0.4 is 11.5 Å². The Bertz CT molecular complexity index is 2510. The maximum absolute atomic E-state index is 13.2. The van der Waals surface area contributed by atoms with Gasteiger partial charge in [-0.25, -0.2) is 9.98 Å². The second kappa shape index (κ2) is 12.4. The van der Waals surface area contributed by atoms with Crippen molar-refractivity contribution >= 4 is 31.1 Å². The topological polar surface area (TPSA) is 167 Å². The Morgan fingerprint density at radius 2 is 0.946 bits per heavy atom. The van der Waals surface area contributed by atoms with Crippen LogP contribution in [0.5, 0.6) is 0 Å². The van der Waals surface area contributed by atoms with Gasteiger partial charge in [0.2, 0.25) is 0 Å². The molecule has 4 heterocycles. The molecule has 0 radical (unpaired) electrons. The molecule has 4 aliphatic rings. The monoisotopic (exact) mass is 784 g/mol. The van der Waals surface area contributed by atoms with Gasteiger partial charge in [-0.15, -0.1) is 32.4 Å². The van der Waals surface area contributed by atoms with Crippen molar-refractivity contribution in [1.29, 1.82) is 0 Å². The van der Waals surface area contributed by atoms with Crippen LogP contribution in [0.1, 0.15) is 44.5 Å². The second-order valence-electron chi connectivity index (χ2n) is 14.4. The molecule has 10 nitrogen and oxygen atoms in total. The molecule has 0 saturated heterocycles. The highest BCUT2D eigenvalue weighted by molar-refractivity contribution is 6.83. The summed E-state index contributed by atoms with van der Waals surface area (Å²) >= 11 is 0. The lowest BCUT2D eigenvalue weighted by Crippen LogP contribution is -2.39. The van der Waals surface area contributed by atoms with Crippen molar-refractivity contribution in [3.8, 4) is 23.8 Å². The van der Waals surface area contributed by atoms with Gasteiger partial charge in [-0.3, -0.25) is 0 Å². The average Bonchev–Trinajstić information content (AvgIpc) is 4.08. The van der Waals surface area contributed by atoms with Gasteiger partial charge in [-0.05, 0) is 47.5 Å². The van der Waals surface area contributed by atoms with E-state index in [1.165, 1.54) is 48.5 Å². The van der Waals surface area contributed by atoms with Gasteiger partial charge >= 0.3 is 23.7 Å². The quantitative estimate of drug-likeness (QED) is 0.0962. The maximum Gasteiger partial charge on any atom is 0.442 e. The summed E-state index contributed by atoms with van der Waals surface area (Å²) in [5.41, 5.74) is 10.0. The van der Waals surface area contributed by atoms with Gasteiger partial charge < -0.3 is 21.7 Å². The van der Waals surface area contributed by atoms with E-state index in [2.05, 4.69) is 67.5 Å². The molecule has 0 aromatic heterocycles. The van der Waals surface area contributed by atoms with Gasteiger partial charge in [0.1, 0.15) is 19.7 Å². The standard InChI is InChI=1S/C21H19F3N4OSi.C18H11F3N4O/c1-30(2,3)11-10-13-4-9-17-16(12-13)19(29,18(25)26-17)14-5-7-15(8-6-14)20(27-28-20)21(22,23)24;1-2-10-3-8-14-13(9-10)16(26,15(22)23-14)11-4-6-12(7-5-11)17(24-25-17)18(19,20)21/h4-9,12,29H,1-3H3,(H2,25,26);1,3-9,26H,(H2,22,23). The van der Waals surface area contributed by atoms with Crippen molar-refractivity contribution < 1.29 is 36.6 Å². The molecule has 4 aromatic carbocycles. The minimum absolute atomic E-state index is 0.0492. The summed E-state index contributed by atoms with van der Waals surface area (Å²) in [7, 11) is -1.60. The SMILES string of the molecule is C#Cc1ccc2c(c1)C(O)(c1ccc(C3(C(F)(F)F)N=N3)cc1)C(N)=N2.C[Si](C)(C)C#Cc1ccc2c(c1)C(O)(c1ccc(C3(C(F)(F)F)N=N3)cc1)C(N)=N2. The summed E-state index contributed by atoms with van der Waals surface area (Å²) in [5, 5.41) is 35.3. The molecule has 0 spiro atoms. The number of rotatable bonds is 4. The van der Waals surface area contributed by atoms with E-state index >= 15 is 0 Å². The molecule has 0 bridgehead atoms. The molecule has 6 N–H and O–H groups in total. The number of aliphatic hydroxyl groups is 2. The minimum Gasteiger partial charge on any atom is -0.384 e. The Labute approximate surface area is 316 Å². The third kappa shape index (κ3) is 6.04. The Kier molecular flexibility index (Phi) is 8.47. The van der Waals surface area contributed by atoms with Crippen molar-refractivity contribution in [2.75, 3.05) is 0 Å². The van der Waals surface area contributed by atoms with Gasteiger partial charge in [-0.2, -0.15) is 26.3 Å². The first-order valence-electron chi connectivity index (χ1n) is 16.8. The number of amidine groups is 2. The predicted molar refractivity (Wildman–Crippen MR) is 198 cm³/mol. The number of fused-ring (bicyclic) bond motifs is 2. The summed E-state index contributed by atoms with van der Waals surface area (Å²) in [4.78, 5) is 8.38. The van der Waals surface area contributed by atoms with E-state index in [0.29, 0.717) is 39.2 Å². The summed E-state index contributed by atoms with van der Waals surface area (Å²) in [6, 6.07) is 20.6. The molecule has 2 unspecified atom stereocenters. The molecule has 0 amide bonds. The molecule has 4 aliphatic heterocycles. The molecule has 0 fully saturated rings. The Balaban J connectivity index is 0.000000173. The number of benzene rings is 4. The van der Waals surface area contributed by atoms with Crippen LogP contribution >= 0.6 is 0 Å². The van der Waals surface area contributed by atoms with Crippen LogP contribution in [0.3, 0.4) is 0 Å². The molecule has 0 aliphatic carbocycles. The first-order chi connectivity index (χ1) is 26.1. The Hall–Kier alpha value is -6.14. The van der Waals surface area contributed by atoms with Gasteiger partial charge in [0.25, 0.3) is 0 Å². The number of aliphatic imine (C=N–C) groups is 2. The van der Waals surface area contributed by atoms with E-state index in [4.69, 9.17) is 17.9 Å². The summed E-state index contributed by atoms with van der Waals surface area (Å²) in [6.45, 7) is 6.37. The van der Waals surface area contributed by atoms with Crippen molar-refractivity contribution in [2.24, 2.45) is 41.9 Å². The highest BCUT2D eigenvalue weighted by atomic mass is 28.3. The number of terminal acetylenes is 1. The van der Waals surface area contributed by atoms with E-state index in [1.54, 1.807) is 36.4 Å². The fraction of sp³-hybridized carbons (Fsp3) is 0.231.